The number of hydrogen-bond donors (Lipinski definition) is 2. The Hall–Kier alpha value is -2.14. The molecule has 1 aromatic carbocycles. The fraction of sp³-hybridized carbons (Fsp3) is 0.444. The summed E-state index contributed by atoms with van der Waals surface area (Å²) in [5, 5.41) is 12.1. The number of aromatic nitrogens is 2. The summed E-state index contributed by atoms with van der Waals surface area (Å²) in [5.41, 5.74) is 3.92. The summed E-state index contributed by atoms with van der Waals surface area (Å²) in [4.78, 5) is 11.5. The lowest BCUT2D eigenvalue weighted by Gasteiger charge is -2.47. The van der Waals surface area contributed by atoms with Crippen molar-refractivity contribution >= 4 is 11.8 Å². The van der Waals surface area contributed by atoms with E-state index in [2.05, 4.69) is 50.5 Å². The third-order valence-electron chi connectivity index (χ3n) is 4.91. The van der Waals surface area contributed by atoms with Crippen LogP contribution in [0.5, 0.6) is 0 Å². The van der Waals surface area contributed by atoms with Gasteiger partial charge in [0.15, 0.2) is 0 Å². The first-order valence-electron chi connectivity index (χ1n) is 8.32. The van der Waals surface area contributed by atoms with Gasteiger partial charge in [0.25, 0.3) is 0 Å². The molecule has 0 unspecified atom stereocenters. The fourth-order valence-corrected chi connectivity index (χ4v) is 3.93. The van der Waals surface area contributed by atoms with Crippen LogP contribution in [-0.2, 0) is 0 Å². The molecular formula is C18H22N4O. The summed E-state index contributed by atoms with van der Waals surface area (Å²) in [5.74, 6) is 2.19. The number of piperidine rings is 1. The van der Waals surface area contributed by atoms with Gasteiger partial charge in [-0.1, -0.05) is 24.3 Å². The third-order valence-corrected chi connectivity index (χ3v) is 4.91. The number of aliphatic hydroxyl groups is 1. The number of nitrogens with zero attached hydrogens (tertiary/aromatic N) is 3. The molecule has 3 heterocycles. The molecule has 2 aliphatic heterocycles. The van der Waals surface area contributed by atoms with E-state index >= 15 is 0 Å². The van der Waals surface area contributed by atoms with Crippen molar-refractivity contribution in [2.45, 2.75) is 31.7 Å². The maximum atomic E-state index is 8.98. The zero-order valence-electron chi connectivity index (χ0n) is 13.4. The Labute approximate surface area is 136 Å². The van der Waals surface area contributed by atoms with Crippen LogP contribution >= 0.6 is 0 Å². The normalized spacial score (nSPS) is 22.1. The van der Waals surface area contributed by atoms with Gasteiger partial charge < -0.3 is 15.3 Å². The van der Waals surface area contributed by atoms with Gasteiger partial charge in [-0.05, 0) is 30.9 Å². The lowest BCUT2D eigenvalue weighted by atomic mass is 9.75. The Bertz CT molecular complexity index is 718. The molecule has 3 aliphatic rings. The van der Waals surface area contributed by atoms with E-state index in [1.807, 2.05) is 6.92 Å². The monoisotopic (exact) mass is 310 g/mol. The number of rotatable bonds is 4. The van der Waals surface area contributed by atoms with E-state index in [-0.39, 0.29) is 6.61 Å². The highest BCUT2D eigenvalue weighted by Crippen LogP contribution is 2.47. The number of aliphatic hydroxyl groups excluding tert-OH is 1. The van der Waals surface area contributed by atoms with Crippen LogP contribution in [0.15, 0.2) is 30.3 Å². The highest BCUT2D eigenvalue weighted by molar-refractivity contribution is 5.53. The molecule has 1 saturated heterocycles. The second kappa shape index (κ2) is 5.81. The molecule has 0 radical (unpaired) electrons. The number of hydrogen-bond acceptors (Lipinski definition) is 5. The quantitative estimate of drug-likeness (QED) is 0.909. The molecule has 0 amide bonds. The van der Waals surface area contributed by atoms with Crippen molar-refractivity contribution in [1.82, 2.24) is 9.97 Å². The van der Waals surface area contributed by atoms with Gasteiger partial charge in [-0.2, -0.15) is 4.98 Å². The number of fused-ring (bicyclic) bond motifs is 2. The standard InChI is InChI=1S/C18H22N4O/c1-12-10-17(21-18(20-12)19-8-9-23)22-11-13-6-7-16(22)15-5-3-2-4-14(13)15/h2-5,10,13,16,23H,6-9,11H2,1H3,(H,19,20,21)/t13-,16+/m1/s1. The van der Waals surface area contributed by atoms with E-state index in [1.54, 1.807) is 0 Å². The third kappa shape index (κ3) is 2.55. The summed E-state index contributed by atoms with van der Waals surface area (Å²) >= 11 is 0. The molecule has 120 valence electrons. The number of benzene rings is 1. The SMILES string of the molecule is Cc1cc(N2C[C@H]3CC[C@H]2c2ccccc23)nc(NCCO)n1. The smallest absolute Gasteiger partial charge is 0.224 e. The summed E-state index contributed by atoms with van der Waals surface area (Å²) < 4.78 is 0. The first kappa shape index (κ1) is 14.5. The van der Waals surface area contributed by atoms with Gasteiger partial charge in [0.1, 0.15) is 5.82 Å². The van der Waals surface area contributed by atoms with Gasteiger partial charge in [0.05, 0.1) is 12.6 Å². The van der Waals surface area contributed by atoms with Crippen LogP contribution in [0.2, 0.25) is 0 Å². The molecule has 5 heteroatoms. The highest BCUT2D eigenvalue weighted by Gasteiger charge is 2.38. The molecule has 5 rings (SSSR count). The van der Waals surface area contributed by atoms with E-state index in [4.69, 9.17) is 5.11 Å². The van der Waals surface area contributed by atoms with Crippen LogP contribution in [0, 0.1) is 6.92 Å². The minimum Gasteiger partial charge on any atom is -0.395 e. The second-order valence-electron chi connectivity index (χ2n) is 6.41. The molecule has 0 saturated carbocycles. The van der Waals surface area contributed by atoms with Crippen molar-refractivity contribution in [2.75, 3.05) is 29.9 Å². The van der Waals surface area contributed by atoms with Crippen molar-refractivity contribution in [2.24, 2.45) is 0 Å². The van der Waals surface area contributed by atoms with E-state index < -0.39 is 0 Å². The molecule has 2 atom stereocenters. The molecule has 2 N–H and O–H groups in total. The van der Waals surface area contributed by atoms with Gasteiger partial charge in [-0.3, -0.25) is 0 Å². The van der Waals surface area contributed by atoms with Crippen LogP contribution in [0.25, 0.3) is 0 Å². The molecule has 2 aromatic rings. The molecule has 1 aromatic heterocycles. The second-order valence-corrected chi connectivity index (χ2v) is 6.41. The van der Waals surface area contributed by atoms with Crippen molar-refractivity contribution < 1.29 is 5.11 Å². The summed E-state index contributed by atoms with van der Waals surface area (Å²) in [6.07, 6.45) is 2.45. The molecule has 5 nitrogen and oxygen atoms in total. The average Bonchev–Trinajstić information content (AvgIpc) is 2.60. The Morgan fingerprint density at radius 1 is 1.22 bits per heavy atom. The predicted molar refractivity (Wildman–Crippen MR) is 90.8 cm³/mol. The Morgan fingerprint density at radius 3 is 2.87 bits per heavy atom. The van der Waals surface area contributed by atoms with Gasteiger partial charge in [-0.25, -0.2) is 4.98 Å². The van der Waals surface area contributed by atoms with E-state index in [0.717, 1.165) is 18.1 Å². The molecule has 1 fully saturated rings. The zero-order valence-corrected chi connectivity index (χ0v) is 13.4. The summed E-state index contributed by atoms with van der Waals surface area (Å²) in [6.45, 7) is 3.56. The Morgan fingerprint density at radius 2 is 2.04 bits per heavy atom. The Balaban J connectivity index is 1.68. The molecule has 2 bridgehead atoms. The number of aryl methyl sites for hydroxylation is 1. The van der Waals surface area contributed by atoms with Crippen molar-refractivity contribution in [3.63, 3.8) is 0 Å². The van der Waals surface area contributed by atoms with Crippen LogP contribution in [-0.4, -0.2) is 34.8 Å². The van der Waals surface area contributed by atoms with Crippen molar-refractivity contribution in [3.8, 4) is 0 Å². The van der Waals surface area contributed by atoms with Crippen molar-refractivity contribution in [1.29, 1.82) is 0 Å². The zero-order chi connectivity index (χ0) is 15.8. The van der Waals surface area contributed by atoms with Crippen LogP contribution in [0.1, 0.15) is 41.6 Å². The van der Waals surface area contributed by atoms with Crippen molar-refractivity contribution in [3.05, 3.63) is 47.2 Å². The minimum atomic E-state index is 0.0778. The van der Waals surface area contributed by atoms with E-state index in [0.29, 0.717) is 24.5 Å². The van der Waals surface area contributed by atoms with Gasteiger partial charge in [0.2, 0.25) is 5.95 Å². The van der Waals surface area contributed by atoms with Crippen LogP contribution < -0.4 is 10.2 Å². The van der Waals surface area contributed by atoms with E-state index in [1.165, 1.54) is 24.0 Å². The first-order chi connectivity index (χ1) is 11.3. The fourth-order valence-electron chi connectivity index (χ4n) is 3.93. The molecular weight excluding hydrogens is 288 g/mol. The Kier molecular flexibility index (Phi) is 3.65. The number of nitrogens with one attached hydrogen (secondary N) is 1. The predicted octanol–water partition coefficient (Wildman–Crippen LogP) is 2.63. The first-order valence-corrected chi connectivity index (χ1v) is 8.32. The van der Waals surface area contributed by atoms with Crippen LogP contribution in [0.3, 0.4) is 0 Å². The lowest BCUT2D eigenvalue weighted by Crippen LogP contribution is -2.43. The lowest BCUT2D eigenvalue weighted by molar-refractivity contribution is 0.310. The topological polar surface area (TPSA) is 61.3 Å². The maximum Gasteiger partial charge on any atom is 0.224 e. The molecule has 0 spiro atoms. The maximum absolute atomic E-state index is 8.98. The van der Waals surface area contributed by atoms with Gasteiger partial charge in [-0.15, -0.1) is 0 Å². The molecule has 1 aliphatic carbocycles. The van der Waals surface area contributed by atoms with E-state index in [9.17, 15) is 0 Å². The molecule has 23 heavy (non-hydrogen) atoms. The largest absolute Gasteiger partial charge is 0.395 e. The minimum absolute atomic E-state index is 0.0778. The van der Waals surface area contributed by atoms with Gasteiger partial charge >= 0.3 is 0 Å². The average molecular weight is 310 g/mol. The van der Waals surface area contributed by atoms with Gasteiger partial charge in [0, 0.05) is 30.8 Å². The highest BCUT2D eigenvalue weighted by atomic mass is 16.3. The summed E-state index contributed by atoms with van der Waals surface area (Å²) in [6, 6.07) is 11.3. The van der Waals surface area contributed by atoms with Crippen LogP contribution in [0.4, 0.5) is 11.8 Å². The number of anilines is 2. The summed E-state index contributed by atoms with van der Waals surface area (Å²) in [7, 11) is 0.